The molecule has 1 saturated carbocycles. The zero-order valence-electron chi connectivity index (χ0n) is 17.4. The second-order valence-corrected chi connectivity index (χ2v) is 7.22. The average Bonchev–Trinajstić information content (AvgIpc) is 3.57. The molecule has 2 aromatic carbocycles. The van der Waals surface area contributed by atoms with Crippen molar-refractivity contribution in [2.75, 3.05) is 19.0 Å². The Morgan fingerprint density at radius 1 is 1.23 bits per heavy atom. The maximum Gasteiger partial charge on any atom is 0.308 e. The van der Waals surface area contributed by atoms with Gasteiger partial charge in [-0.2, -0.15) is 0 Å². The minimum absolute atomic E-state index is 0.0871. The van der Waals surface area contributed by atoms with Crippen LogP contribution in [-0.2, 0) is 9.53 Å². The molecule has 0 bridgehead atoms. The van der Waals surface area contributed by atoms with E-state index in [1.807, 2.05) is 0 Å². The number of nitro groups is 1. The highest BCUT2D eigenvalue weighted by atomic mass is 16.6. The van der Waals surface area contributed by atoms with Crippen molar-refractivity contribution >= 4 is 23.3 Å². The van der Waals surface area contributed by atoms with E-state index in [1.54, 1.807) is 31.2 Å². The third-order valence-corrected chi connectivity index (χ3v) is 4.87. The summed E-state index contributed by atoms with van der Waals surface area (Å²) in [5.41, 5.74) is 1.01. The van der Waals surface area contributed by atoms with E-state index in [0.29, 0.717) is 17.0 Å². The summed E-state index contributed by atoms with van der Waals surface area (Å²) in [7, 11) is 1.52. The lowest BCUT2D eigenvalue weighted by atomic mass is 10.0. The van der Waals surface area contributed by atoms with Crippen LogP contribution in [0.1, 0.15) is 48.1 Å². The molecule has 0 saturated heterocycles. The lowest BCUT2D eigenvalue weighted by molar-refractivity contribution is -0.384. The summed E-state index contributed by atoms with van der Waals surface area (Å²) in [6.07, 6.45) is 1.85. The predicted molar refractivity (Wildman–Crippen MR) is 114 cm³/mol. The maximum atomic E-state index is 12.9. The molecule has 0 aromatic heterocycles. The van der Waals surface area contributed by atoms with Gasteiger partial charge >= 0.3 is 5.97 Å². The molecule has 31 heavy (non-hydrogen) atoms. The largest absolute Gasteiger partial charge is 0.497 e. The molecule has 1 amide bonds. The quantitative estimate of drug-likeness (QED) is 0.338. The van der Waals surface area contributed by atoms with Crippen LogP contribution in [0, 0.1) is 10.1 Å². The summed E-state index contributed by atoms with van der Waals surface area (Å²) in [6.45, 7) is 1.92. The van der Waals surface area contributed by atoms with Crippen molar-refractivity contribution in [1.29, 1.82) is 0 Å². The molecule has 1 fully saturated rings. The third-order valence-electron chi connectivity index (χ3n) is 4.87. The smallest absolute Gasteiger partial charge is 0.308 e. The van der Waals surface area contributed by atoms with Crippen LogP contribution in [0.5, 0.6) is 5.75 Å². The van der Waals surface area contributed by atoms with Crippen LogP contribution in [-0.4, -0.2) is 36.6 Å². The van der Waals surface area contributed by atoms with Crippen molar-refractivity contribution in [3.63, 3.8) is 0 Å². The highest BCUT2D eigenvalue weighted by Gasteiger charge is 2.26. The Morgan fingerprint density at radius 3 is 2.65 bits per heavy atom. The molecule has 0 heterocycles. The zero-order chi connectivity index (χ0) is 22.4. The van der Waals surface area contributed by atoms with Gasteiger partial charge in [0, 0.05) is 17.7 Å². The predicted octanol–water partition coefficient (Wildman–Crippen LogP) is 3.60. The van der Waals surface area contributed by atoms with Crippen LogP contribution >= 0.6 is 0 Å². The van der Waals surface area contributed by atoms with Gasteiger partial charge in [-0.25, -0.2) is 0 Å². The summed E-state index contributed by atoms with van der Waals surface area (Å²) >= 11 is 0. The van der Waals surface area contributed by atoms with Crippen molar-refractivity contribution in [2.24, 2.45) is 0 Å². The van der Waals surface area contributed by atoms with E-state index in [1.165, 1.54) is 25.3 Å². The van der Waals surface area contributed by atoms with Gasteiger partial charge in [-0.05, 0) is 49.6 Å². The molecule has 9 heteroatoms. The molecule has 164 valence electrons. The second-order valence-electron chi connectivity index (χ2n) is 7.22. The van der Waals surface area contributed by atoms with Gasteiger partial charge in [0.15, 0.2) is 0 Å². The van der Waals surface area contributed by atoms with Gasteiger partial charge in [0.05, 0.1) is 31.1 Å². The molecule has 0 unspecified atom stereocenters. The monoisotopic (exact) mass is 427 g/mol. The van der Waals surface area contributed by atoms with Crippen LogP contribution in [0.2, 0.25) is 0 Å². The normalized spacial score (nSPS) is 13.7. The number of amides is 1. The van der Waals surface area contributed by atoms with E-state index in [4.69, 9.17) is 9.47 Å². The van der Waals surface area contributed by atoms with E-state index >= 15 is 0 Å². The molecule has 0 radical (unpaired) electrons. The van der Waals surface area contributed by atoms with Gasteiger partial charge < -0.3 is 20.1 Å². The minimum atomic E-state index is -0.690. The fraction of sp³-hybridized carbons (Fsp3) is 0.364. The summed E-state index contributed by atoms with van der Waals surface area (Å²) < 4.78 is 10.3. The number of hydrogen-bond donors (Lipinski definition) is 2. The van der Waals surface area contributed by atoms with Crippen molar-refractivity contribution in [2.45, 2.75) is 38.3 Å². The van der Waals surface area contributed by atoms with E-state index < -0.39 is 22.8 Å². The molecule has 0 spiro atoms. The molecule has 1 atom stereocenters. The van der Waals surface area contributed by atoms with Crippen LogP contribution in [0.4, 0.5) is 11.4 Å². The number of nitrogens with zero attached hydrogens (tertiary/aromatic N) is 1. The van der Waals surface area contributed by atoms with E-state index in [-0.39, 0.29) is 30.3 Å². The van der Waals surface area contributed by atoms with Gasteiger partial charge in [0.2, 0.25) is 0 Å². The van der Waals surface area contributed by atoms with E-state index in [2.05, 4.69) is 10.6 Å². The zero-order valence-corrected chi connectivity index (χ0v) is 17.4. The topological polar surface area (TPSA) is 120 Å². The molecule has 1 aliphatic carbocycles. The van der Waals surface area contributed by atoms with E-state index in [9.17, 15) is 19.7 Å². The van der Waals surface area contributed by atoms with Crippen LogP contribution in [0.3, 0.4) is 0 Å². The molecular formula is C22H25N3O6. The van der Waals surface area contributed by atoms with Gasteiger partial charge in [-0.15, -0.1) is 0 Å². The number of rotatable bonds is 10. The molecule has 2 N–H and O–H groups in total. The van der Waals surface area contributed by atoms with E-state index in [0.717, 1.165) is 12.8 Å². The first-order valence-corrected chi connectivity index (χ1v) is 10.1. The fourth-order valence-electron chi connectivity index (χ4n) is 3.13. The van der Waals surface area contributed by atoms with Crippen molar-refractivity contribution < 1.29 is 24.0 Å². The third kappa shape index (κ3) is 5.94. The van der Waals surface area contributed by atoms with Crippen molar-refractivity contribution in [3.8, 4) is 5.75 Å². The van der Waals surface area contributed by atoms with Crippen molar-refractivity contribution in [3.05, 3.63) is 63.7 Å². The maximum absolute atomic E-state index is 12.9. The SMILES string of the molecule is CCOC(=O)C[C@@H](NC(=O)c1ccc(NC2CC2)c([N+](=O)[O-])c1)c1cccc(OC)c1. The number of anilines is 1. The standard InChI is InChI=1S/C22H25N3O6/c1-3-31-21(26)13-19(14-5-4-6-17(11-14)30-2)24-22(27)15-7-10-18(23-16-8-9-16)20(12-15)25(28)29/h4-7,10-12,16,19,23H,3,8-9,13H2,1-2H3,(H,24,27)/t19-/m1/s1. The number of carbonyl (C=O) groups is 2. The van der Waals surface area contributed by atoms with Crippen LogP contribution in [0.25, 0.3) is 0 Å². The summed E-state index contributed by atoms with van der Waals surface area (Å²) in [5, 5.41) is 17.4. The van der Waals surface area contributed by atoms with Gasteiger partial charge in [-0.3, -0.25) is 19.7 Å². The molecule has 2 aromatic rings. The Hall–Kier alpha value is -3.62. The highest BCUT2D eigenvalue weighted by Crippen LogP contribution is 2.32. The summed E-state index contributed by atoms with van der Waals surface area (Å²) in [6, 6.07) is 10.8. The first-order valence-electron chi connectivity index (χ1n) is 10.1. The Kier molecular flexibility index (Phi) is 7.07. The first kappa shape index (κ1) is 22.1. The van der Waals surface area contributed by atoms with Crippen LogP contribution < -0.4 is 15.4 Å². The summed E-state index contributed by atoms with van der Waals surface area (Å²) in [5.74, 6) is -0.421. The Labute approximate surface area is 179 Å². The average molecular weight is 427 g/mol. The molecule has 0 aliphatic heterocycles. The number of hydrogen-bond acceptors (Lipinski definition) is 7. The Balaban J connectivity index is 1.84. The molecular weight excluding hydrogens is 402 g/mol. The number of nitro benzene ring substituents is 1. The number of carbonyl (C=O) groups excluding carboxylic acids is 2. The Morgan fingerprint density at radius 2 is 2.00 bits per heavy atom. The second kappa shape index (κ2) is 9.92. The number of ether oxygens (including phenoxy) is 2. The number of methoxy groups -OCH3 is 1. The fourth-order valence-corrected chi connectivity index (χ4v) is 3.13. The van der Waals surface area contributed by atoms with Gasteiger partial charge in [-0.1, -0.05) is 12.1 Å². The molecule has 9 nitrogen and oxygen atoms in total. The number of nitrogens with one attached hydrogen (secondary N) is 2. The lowest BCUT2D eigenvalue weighted by Crippen LogP contribution is -2.30. The molecule has 3 rings (SSSR count). The summed E-state index contributed by atoms with van der Waals surface area (Å²) in [4.78, 5) is 36.0. The number of esters is 1. The minimum Gasteiger partial charge on any atom is -0.497 e. The highest BCUT2D eigenvalue weighted by molar-refractivity contribution is 5.96. The van der Waals surface area contributed by atoms with Gasteiger partial charge in [0.25, 0.3) is 11.6 Å². The van der Waals surface area contributed by atoms with Gasteiger partial charge in [0.1, 0.15) is 11.4 Å². The molecule has 1 aliphatic rings. The Bertz CT molecular complexity index is 973. The lowest BCUT2D eigenvalue weighted by Gasteiger charge is -2.19. The van der Waals surface area contributed by atoms with Crippen LogP contribution in [0.15, 0.2) is 42.5 Å². The number of benzene rings is 2. The first-order chi connectivity index (χ1) is 14.9. The van der Waals surface area contributed by atoms with Crippen molar-refractivity contribution in [1.82, 2.24) is 5.32 Å².